The molecule has 0 radical (unpaired) electrons. The first-order valence-electron chi connectivity index (χ1n) is 5.12. The van der Waals surface area contributed by atoms with E-state index in [1.807, 2.05) is 0 Å². The SMILES string of the molecule is COC(=O)CN(C)Cc1ccc([N+](=O)[O-])cc1Cl. The van der Waals surface area contributed by atoms with E-state index >= 15 is 0 Å². The molecule has 0 amide bonds. The minimum Gasteiger partial charge on any atom is -0.468 e. The third-order valence-electron chi connectivity index (χ3n) is 2.31. The molecule has 0 heterocycles. The van der Waals surface area contributed by atoms with Crippen molar-refractivity contribution in [3.63, 3.8) is 0 Å². The molecule has 1 rings (SSSR count). The van der Waals surface area contributed by atoms with E-state index in [2.05, 4.69) is 4.74 Å². The van der Waals surface area contributed by atoms with Crippen LogP contribution in [-0.2, 0) is 16.1 Å². The molecule has 18 heavy (non-hydrogen) atoms. The predicted octanol–water partition coefficient (Wildman–Crippen LogP) is 1.85. The van der Waals surface area contributed by atoms with Crippen LogP contribution in [0.5, 0.6) is 0 Å². The summed E-state index contributed by atoms with van der Waals surface area (Å²) in [5, 5.41) is 10.9. The van der Waals surface area contributed by atoms with Crippen LogP contribution < -0.4 is 0 Å². The van der Waals surface area contributed by atoms with E-state index in [-0.39, 0.29) is 18.2 Å². The Morgan fingerprint density at radius 3 is 2.72 bits per heavy atom. The van der Waals surface area contributed by atoms with Gasteiger partial charge in [-0.2, -0.15) is 0 Å². The molecule has 0 unspecified atom stereocenters. The van der Waals surface area contributed by atoms with Crippen molar-refractivity contribution in [3.8, 4) is 0 Å². The standard InChI is InChI=1S/C11H13ClN2O4/c1-13(7-11(15)18-2)6-8-3-4-9(14(16)17)5-10(8)12/h3-5H,6-7H2,1-2H3. The summed E-state index contributed by atoms with van der Waals surface area (Å²) in [6.45, 7) is 0.537. The molecule has 0 N–H and O–H groups in total. The summed E-state index contributed by atoms with van der Waals surface area (Å²) in [6, 6.07) is 4.25. The molecule has 1 aromatic rings. The normalized spacial score (nSPS) is 10.4. The zero-order chi connectivity index (χ0) is 13.7. The number of ether oxygens (including phenoxy) is 1. The van der Waals surface area contributed by atoms with Crippen molar-refractivity contribution in [2.75, 3.05) is 20.7 Å². The Bertz CT molecular complexity index is 464. The number of esters is 1. The Morgan fingerprint density at radius 2 is 2.22 bits per heavy atom. The Morgan fingerprint density at radius 1 is 1.56 bits per heavy atom. The molecule has 0 aromatic heterocycles. The number of non-ortho nitro benzene ring substituents is 1. The molecule has 0 aliphatic rings. The van der Waals surface area contributed by atoms with Crippen LogP contribution in [0.1, 0.15) is 5.56 Å². The van der Waals surface area contributed by atoms with Crippen LogP contribution in [0.3, 0.4) is 0 Å². The van der Waals surface area contributed by atoms with Gasteiger partial charge in [-0.3, -0.25) is 19.8 Å². The average Bonchev–Trinajstić information content (AvgIpc) is 2.31. The van der Waals surface area contributed by atoms with E-state index in [1.165, 1.54) is 19.2 Å². The highest BCUT2D eigenvalue weighted by atomic mass is 35.5. The van der Waals surface area contributed by atoms with Gasteiger partial charge in [0.25, 0.3) is 5.69 Å². The molecule has 0 atom stereocenters. The van der Waals surface area contributed by atoms with Crippen LogP contribution in [0.2, 0.25) is 5.02 Å². The number of nitrogens with zero attached hydrogens (tertiary/aromatic N) is 2. The van der Waals surface area contributed by atoms with Gasteiger partial charge in [0.05, 0.1) is 23.6 Å². The quantitative estimate of drug-likeness (QED) is 0.465. The summed E-state index contributed by atoms with van der Waals surface area (Å²) in [4.78, 5) is 22.8. The number of rotatable bonds is 5. The topological polar surface area (TPSA) is 72.7 Å². The second kappa shape index (κ2) is 6.32. The van der Waals surface area contributed by atoms with Crippen LogP contribution in [-0.4, -0.2) is 36.5 Å². The molecule has 0 saturated carbocycles. The molecule has 1 aromatic carbocycles. The highest BCUT2D eigenvalue weighted by Crippen LogP contribution is 2.23. The molecular weight excluding hydrogens is 260 g/mol. The number of methoxy groups -OCH3 is 1. The first kappa shape index (κ1) is 14.4. The maximum atomic E-state index is 11.1. The Balaban J connectivity index is 2.73. The molecule has 6 nitrogen and oxygen atoms in total. The van der Waals surface area contributed by atoms with Gasteiger partial charge in [-0.1, -0.05) is 11.6 Å². The Kier molecular flexibility index (Phi) is 5.06. The van der Waals surface area contributed by atoms with Crippen molar-refractivity contribution in [1.29, 1.82) is 0 Å². The minimum atomic E-state index is -0.506. The molecule has 0 bridgehead atoms. The van der Waals surface area contributed by atoms with Crippen molar-refractivity contribution >= 4 is 23.3 Å². The maximum Gasteiger partial charge on any atom is 0.319 e. The van der Waals surface area contributed by atoms with Crippen LogP contribution in [0.15, 0.2) is 18.2 Å². The van der Waals surface area contributed by atoms with Crippen molar-refractivity contribution in [3.05, 3.63) is 38.9 Å². The van der Waals surface area contributed by atoms with Gasteiger partial charge in [0, 0.05) is 18.7 Å². The molecule has 0 saturated heterocycles. The summed E-state index contributed by atoms with van der Waals surface area (Å²) in [5.74, 6) is -0.351. The fraction of sp³-hybridized carbons (Fsp3) is 0.364. The molecule has 7 heteroatoms. The van der Waals surface area contributed by atoms with Crippen LogP contribution in [0, 0.1) is 10.1 Å². The number of hydrogen-bond acceptors (Lipinski definition) is 5. The summed E-state index contributed by atoms with van der Waals surface area (Å²) in [5.41, 5.74) is 0.660. The van der Waals surface area contributed by atoms with Crippen molar-refractivity contribution in [2.45, 2.75) is 6.54 Å². The van der Waals surface area contributed by atoms with Crippen LogP contribution >= 0.6 is 11.6 Å². The predicted molar refractivity (Wildman–Crippen MR) is 66.5 cm³/mol. The number of benzene rings is 1. The van der Waals surface area contributed by atoms with Gasteiger partial charge < -0.3 is 4.74 Å². The van der Waals surface area contributed by atoms with Gasteiger partial charge in [0.1, 0.15) is 0 Å². The molecular formula is C11H13ClN2O4. The monoisotopic (exact) mass is 272 g/mol. The van der Waals surface area contributed by atoms with Crippen molar-refractivity contribution in [2.24, 2.45) is 0 Å². The first-order valence-corrected chi connectivity index (χ1v) is 5.50. The lowest BCUT2D eigenvalue weighted by atomic mass is 10.2. The average molecular weight is 273 g/mol. The van der Waals surface area contributed by atoms with Crippen molar-refractivity contribution in [1.82, 2.24) is 4.90 Å². The lowest BCUT2D eigenvalue weighted by Crippen LogP contribution is -2.26. The third-order valence-corrected chi connectivity index (χ3v) is 2.67. The highest BCUT2D eigenvalue weighted by Gasteiger charge is 2.12. The molecule has 0 fully saturated rings. The number of carbonyl (C=O) groups is 1. The van der Waals surface area contributed by atoms with E-state index in [1.54, 1.807) is 18.0 Å². The maximum absolute atomic E-state index is 11.1. The smallest absolute Gasteiger partial charge is 0.319 e. The highest BCUT2D eigenvalue weighted by molar-refractivity contribution is 6.31. The molecule has 98 valence electrons. The van der Waals surface area contributed by atoms with E-state index < -0.39 is 4.92 Å². The Hall–Kier alpha value is -1.66. The fourth-order valence-electron chi connectivity index (χ4n) is 1.41. The van der Waals surface area contributed by atoms with Gasteiger partial charge in [-0.15, -0.1) is 0 Å². The number of nitro groups is 1. The second-order valence-corrected chi connectivity index (χ2v) is 4.19. The lowest BCUT2D eigenvalue weighted by Gasteiger charge is -2.15. The van der Waals surface area contributed by atoms with Gasteiger partial charge in [0.15, 0.2) is 0 Å². The van der Waals surface area contributed by atoms with Gasteiger partial charge >= 0.3 is 5.97 Å². The number of hydrogen-bond donors (Lipinski definition) is 0. The largest absolute Gasteiger partial charge is 0.468 e. The van der Waals surface area contributed by atoms with Crippen LogP contribution in [0.4, 0.5) is 5.69 Å². The lowest BCUT2D eigenvalue weighted by molar-refractivity contribution is -0.384. The number of likely N-dealkylation sites (N-methyl/N-ethyl adjacent to an activating group) is 1. The van der Waals surface area contributed by atoms with E-state index in [0.717, 1.165) is 0 Å². The summed E-state index contributed by atoms with van der Waals surface area (Å²) in [6.07, 6.45) is 0. The molecule has 0 aliphatic carbocycles. The molecule has 0 spiro atoms. The zero-order valence-corrected chi connectivity index (χ0v) is 10.8. The van der Waals surface area contributed by atoms with Gasteiger partial charge in [-0.05, 0) is 18.7 Å². The van der Waals surface area contributed by atoms with E-state index in [9.17, 15) is 14.9 Å². The number of nitro benzene ring substituents is 1. The van der Waals surface area contributed by atoms with Gasteiger partial charge in [0.2, 0.25) is 0 Å². The van der Waals surface area contributed by atoms with E-state index in [0.29, 0.717) is 17.1 Å². The second-order valence-electron chi connectivity index (χ2n) is 3.78. The number of carbonyl (C=O) groups excluding carboxylic acids is 1. The number of halogens is 1. The molecule has 0 aliphatic heterocycles. The van der Waals surface area contributed by atoms with Crippen LogP contribution in [0.25, 0.3) is 0 Å². The zero-order valence-electron chi connectivity index (χ0n) is 10.1. The third kappa shape index (κ3) is 3.97. The van der Waals surface area contributed by atoms with Gasteiger partial charge in [-0.25, -0.2) is 0 Å². The van der Waals surface area contributed by atoms with Crippen molar-refractivity contribution < 1.29 is 14.5 Å². The summed E-state index contributed by atoms with van der Waals surface area (Å²) in [7, 11) is 3.05. The summed E-state index contributed by atoms with van der Waals surface area (Å²) < 4.78 is 4.54. The summed E-state index contributed by atoms with van der Waals surface area (Å²) >= 11 is 5.94. The fourth-order valence-corrected chi connectivity index (χ4v) is 1.64. The minimum absolute atomic E-state index is 0.0561. The first-order chi connectivity index (χ1) is 8.43. The Labute approximate surface area is 109 Å². The van der Waals surface area contributed by atoms with E-state index in [4.69, 9.17) is 11.6 Å².